The lowest BCUT2D eigenvalue weighted by atomic mass is 9.97. The number of hydrogen-bond donors (Lipinski definition) is 2. The van der Waals surface area contributed by atoms with Crippen LogP contribution in [0.3, 0.4) is 0 Å². The quantitative estimate of drug-likeness (QED) is 0.743. The van der Waals surface area contributed by atoms with Gasteiger partial charge in [0.2, 0.25) is 11.8 Å². The van der Waals surface area contributed by atoms with Crippen molar-refractivity contribution in [3.63, 3.8) is 0 Å². The van der Waals surface area contributed by atoms with E-state index in [0.717, 1.165) is 55.9 Å². The summed E-state index contributed by atoms with van der Waals surface area (Å²) in [5.74, 6) is 1.42. The molecule has 1 unspecified atom stereocenters. The first-order valence-electron chi connectivity index (χ1n) is 9.11. The van der Waals surface area contributed by atoms with E-state index in [1.807, 2.05) is 18.2 Å². The van der Waals surface area contributed by atoms with E-state index in [2.05, 4.69) is 10.6 Å². The second kappa shape index (κ2) is 8.85. The van der Waals surface area contributed by atoms with Crippen LogP contribution < -0.4 is 15.4 Å². The number of anilines is 1. The van der Waals surface area contributed by atoms with Crippen molar-refractivity contribution in [2.24, 2.45) is 5.92 Å². The number of carbonyl (C=O) groups is 2. The average molecular weight is 346 g/mol. The van der Waals surface area contributed by atoms with Crippen molar-refractivity contribution in [3.05, 3.63) is 23.8 Å². The highest BCUT2D eigenvalue weighted by atomic mass is 16.5. The molecule has 1 aromatic carbocycles. The van der Waals surface area contributed by atoms with Gasteiger partial charge in [-0.15, -0.1) is 0 Å². The summed E-state index contributed by atoms with van der Waals surface area (Å²) in [6.45, 7) is 2.57. The van der Waals surface area contributed by atoms with Crippen molar-refractivity contribution in [3.8, 4) is 5.75 Å². The van der Waals surface area contributed by atoms with E-state index < -0.39 is 0 Å². The third-order valence-corrected chi connectivity index (χ3v) is 4.70. The number of nitrogens with one attached hydrogen (secondary N) is 2. The van der Waals surface area contributed by atoms with Gasteiger partial charge in [0.25, 0.3) is 0 Å². The summed E-state index contributed by atoms with van der Waals surface area (Å²) in [5.41, 5.74) is 1.96. The van der Waals surface area contributed by atoms with Crippen LogP contribution in [-0.4, -0.2) is 38.2 Å². The molecule has 0 aromatic heterocycles. The fourth-order valence-electron chi connectivity index (χ4n) is 3.27. The van der Waals surface area contributed by atoms with Gasteiger partial charge >= 0.3 is 0 Å². The Morgan fingerprint density at radius 1 is 1.36 bits per heavy atom. The molecule has 0 radical (unpaired) electrons. The molecule has 2 N–H and O–H groups in total. The molecule has 25 heavy (non-hydrogen) atoms. The number of rotatable bonds is 7. The van der Waals surface area contributed by atoms with Crippen molar-refractivity contribution in [2.45, 2.75) is 38.5 Å². The summed E-state index contributed by atoms with van der Waals surface area (Å²) in [4.78, 5) is 23.2. The number of aryl methyl sites for hydroxylation is 1. The molecule has 0 bridgehead atoms. The van der Waals surface area contributed by atoms with Crippen LogP contribution >= 0.6 is 0 Å². The van der Waals surface area contributed by atoms with Crippen LogP contribution in [0.5, 0.6) is 5.75 Å². The summed E-state index contributed by atoms with van der Waals surface area (Å²) in [6, 6.07) is 5.67. The summed E-state index contributed by atoms with van der Waals surface area (Å²) in [6.07, 6.45) is 4.95. The molecule has 1 fully saturated rings. The van der Waals surface area contributed by atoms with Crippen LogP contribution in [0.1, 0.15) is 37.7 Å². The Kier molecular flexibility index (Phi) is 6.28. The third-order valence-electron chi connectivity index (χ3n) is 4.70. The first kappa shape index (κ1) is 17.7. The van der Waals surface area contributed by atoms with E-state index in [9.17, 15) is 9.59 Å². The van der Waals surface area contributed by atoms with Crippen molar-refractivity contribution >= 4 is 17.5 Å². The minimum Gasteiger partial charge on any atom is -0.492 e. The van der Waals surface area contributed by atoms with Gasteiger partial charge in [0, 0.05) is 31.7 Å². The topological polar surface area (TPSA) is 76.7 Å². The summed E-state index contributed by atoms with van der Waals surface area (Å²) < 4.78 is 11.1. The SMILES string of the molecule is O=C(CCC1CCCOC1)NCCOc1ccc2c(c1)CCC(=O)N2. The van der Waals surface area contributed by atoms with Crippen LogP contribution in [0.25, 0.3) is 0 Å². The maximum Gasteiger partial charge on any atom is 0.224 e. The van der Waals surface area contributed by atoms with Crippen LogP contribution in [0.15, 0.2) is 18.2 Å². The van der Waals surface area contributed by atoms with Crippen LogP contribution in [0.4, 0.5) is 5.69 Å². The normalized spacial score (nSPS) is 19.7. The van der Waals surface area contributed by atoms with Crippen molar-refractivity contribution in [2.75, 3.05) is 31.7 Å². The van der Waals surface area contributed by atoms with Gasteiger partial charge < -0.3 is 20.1 Å². The fourth-order valence-corrected chi connectivity index (χ4v) is 3.27. The van der Waals surface area contributed by atoms with Gasteiger partial charge in [-0.2, -0.15) is 0 Å². The molecule has 2 aliphatic heterocycles. The summed E-state index contributed by atoms with van der Waals surface area (Å²) in [5, 5.41) is 5.75. The number of benzene rings is 1. The molecule has 6 heteroatoms. The lowest BCUT2D eigenvalue weighted by molar-refractivity contribution is -0.121. The minimum absolute atomic E-state index is 0.0590. The van der Waals surface area contributed by atoms with Crippen molar-refractivity contribution in [1.82, 2.24) is 5.32 Å². The first-order valence-corrected chi connectivity index (χ1v) is 9.11. The zero-order valence-corrected chi connectivity index (χ0v) is 14.5. The number of hydrogen-bond acceptors (Lipinski definition) is 4. The predicted octanol–water partition coefficient (Wildman–Crippen LogP) is 2.27. The number of ether oxygens (including phenoxy) is 2. The van der Waals surface area contributed by atoms with Crippen LogP contribution in [0.2, 0.25) is 0 Å². The van der Waals surface area contributed by atoms with Gasteiger partial charge in [0.05, 0.1) is 6.54 Å². The standard InChI is InChI=1S/C19H26N2O4/c22-18(7-3-14-2-1-10-24-13-14)20-9-11-25-16-5-6-17-15(12-16)4-8-19(23)21-17/h5-6,12,14H,1-4,7-11,13H2,(H,20,22)(H,21,23). The Bertz CT molecular complexity index is 611. The highest BCUT2D eigenvalue weighted by molar-refractivity contribution is 5.94. The summed E-state index contributed by atoms with van der Waals surface area (Å²) in [7, 11) is 0. The minimum atomic E-state index is 0.0590. The molecular weight excluding hydrogens is 320 g/mol. The van der Waals surface area contributed by atoms with Gasteiger partial charge in [0.15, 0.2) is 0 Å². The molecule has 2 amide bonds. The van der Waals surface area contributed by atoms with E-state index >= 15 is 0 Å². The maximum atomic E-state index is 11.9. The zero-order chi connectivity index (χ0) is 17.5. The molecule has 2 aliphatic rings. The molecule has 1 aromatic rings. The lowest BCUT2D eigenvalue weighted by Crippen LogP contribution is -2.29. The molecule has 0 saturated carbocycles. The molecule has 136 valence electrons. The Morgan fingerprint density at radius 2 is 2.28 bits per heavy atom. The van der Waals surface area contributed by atoms with Crippen molar-refractivity contribution < 1.29 is 19.1 Å². The molecule has 2 heterocycles. The van der Waals surface area contributed by atoms with Gasteiger partial charge in [-0.25, -0.2) is 0 Å². The predicted molar refractivity (Wildman–Crippen MR) is 94.7 cm³/mol. The van der Waals surface area contributed by atoms with Gasteiger partial charge in [0.1, 0.15) is 12.4 Å². The highest BCUT2D eigenvalue weighted by Gasteiger charge is 2.16. The Labute approximate surface area is 148 Å². The smallest absolute Gasteiger partial charge is 0.224 e. The van der Waals surface area contributed by atoms with Gasteiger partial charge in [-0.1, -0.05) is 0 Å². The zero-order valence-electron chi connectivity index (χ0n) is 14.5. The molecular formula is C19H26N2O4. The van der Waals surface area contributed by atoms with Gasteiger partial charge in [-0.3, -0.25) is 9.59 Å². The number of amides is 2. The lowest BCUT2D eigenvalue weighted by Gasteiger charge is -2.21. The van der Waals surface area contributed by atoms with E-state index in [1.54, 1.807) is 0 Å². The Morgan fingerprint density at radius 3 is 3.12 bits per heavy atom. The van der Waals surface area contributed by atoms with E-state index in [4.69, 9.17) is 9.47 Å². The Balaban J connectivity index is 1.33. The molecule has 6 nitrogen and oxygen atoms in total. The van der Waals surface area contributed by atoms with E-state index in [0.29, 0.717) is 31.9 Å². The molecule has 0 aliphatic carbocycles. The van der Waals surface area contributed by atoms with Crippen LogP contribution in [0, 0.1) is 5.92 Å². The van der Waals surface area contributed by atoms with Crippen LogP contribution in [-0.2, 0) is 20.7 Å². The second-order valence-corrected chi connectivity index (χ2v) is 6.69. The Hall–Kier alpha value is -2.08. The molecule has 0 spiro atoms. The largest absolute Gasteiger partial charge is 0.492 e. The third kappa shape index (κ3) is 5.46. The van der Waals surface area contributed by atoms with E-state index in [1.165, 1.54) is 0 Å². The summed E-state index contributed by atoms with van der Waals surface area (Å²) >= 11 is 0. The number of carbonyl (C=O) groups excluding carboxylic acids is 2. The maximum absolute atomic E-state index is 11.9. The fraction of sp³-hybridized carbons (Fsp3) is 0.579. The highest BCUT2D eigenvalue weighted by Crippen LogP contribution is 2.26. The molecule has 1 saturated heterocycles. The first-order chi connectivity index (χ1) is 12.2. The average Bonchev–Trinajstić information content (AvgIpc) is 2.64. The monoisotopic (exact) mass is 346 g/mol. The van der Waals surface area contributed by atoms with Crippen molar-refractivity contribution in [1.29, 1.82) is 0 Å². The second-order valence-electron chi connectivity index (χ2n) is 6.69. The van der Waals surface area contributed by atoms with E-state index in [-0.39, 0.29) is 11.8 Å². The molecule has 1 atom stereocenters. The molecule has 3 rings (SSSR count). The number of fused-ring (bicyclic) bond motifs is 1. The van der Waals surface area contributed by atoms with Gasteiger partial charge in [-0.05, 0) is 55.4 Å².